The summed E-state index contributed by atoms with van der Waals surface area (Å²) in [5, 5.41) is 17.4. The minimum atomic E-state index is -4.50. The van der Waals surface area contributed by atoms with Gasteiger partial charge in [0.25, 0.3) is 0 Å². The first-order valence-electron chi connectivity index (χ1n) is 14.5. The first-order chi connectivity index (χ1) is 22.0. The lowest BCUT2D eigenvalue weighted by Crippen LogP contribution is -2.49. The van der Waals surface area contributed by atoms with Crippen molar-refractivity contribution in [3.63, 3.8) is 0 Å². The Morgan fingerprint density at radius 2 is 1.83 bits per heavy atom. The highest BCUT2D eigenvalue weighted by Crippen LogP contribution is 2.50. The third kappa shape index (κ3) is 7.45. The molecular weight excluding hydrogens is 623 g/mol. The maximum absolute atomic E-state index is 14.2. The van der Waals surface area contributed by atoms with Gasteiger partial charge in [0, 0.05) is 12.8 Å². The Labute approximate surface area is 264 Å². The first kappa shape index (κ1) is 34.3. The van der Waals surface area contributed by atoms with E-state index < -0.39 is 62.2 Å². The molecule has 1 saturated heterocycles. The van der Waals surface area contributed by atoms with E-state index in [-0.39, 0.29) is 36.7 Å². The van der Waals surface area contributed by atoms with Crippen LogP contribution < -0.4 is 15.3 Å². The number of carbonyl (C=O) groups is 3. The van der Waals surface area contributed by atoms with Crippen LogP contribution in [0.1, 0.15) is 52.3 Å². The molecule has 1 fully saturated rings. The van der Waals surface area contributed by atoms with Crippen LogP contribution >= 0.6 is 7.75 Å². The van der Waals surface area contributed by atoms with Crippen LogP contribution in [0.15, 0.2) is 48.8 Å². The standard InChI is InChI=1S/C29H35N6O10P/c1-5-22(36)42-25-24(20-13-14-21-27(31)32-17-33-35(20)21)44-29(15-30,26(25)43-23(37)6-2)16-41-46(39,34-18(4)28(38)40-7-3)45-19-11-9-8-10-12-19/h8-14,17-18,24-26H,5-7,16H2,1-4H3,(H,34,39)(H2,31,32,33)/t18-,24-,25-,26-,29+,46-/m0/s1. The zero-order valence-electron chi connectivity index (χ0n) is 25.7. The maximum atomic E-state index is 14.2. The van der Waals surface area contributed by atoms with Gasteiger partial charge < -0.3 is 29.2 Å². The normalized spacial score (nSPS) is 22.7. The van der Waals surface area contributed by atoms with Gasteiger partial charge in [0.2, 0.25) is 5.60 Å². The number of anilines is 1. The quantitative estimate of drug-likeness (QED) is 0.145. The van der Waals surface area contributed by atoms with Gasteiger partial charge in [0.1, 0.15) is 42.4 Å². The van der Waals surface area contributed by atoms with Crippen molar-refractivity contribution in [2.24, 2.45) is 0 Å². The fraction of sp³-hybridized carbons (Fsp3) is 0.448. The van der Waals surface area contributed by atoms with Gasteiger partial charge in [-0.3, -0.25) is 18.9 Å². The van der Waals surface area contributed by atoms with Gasteiger partial charge in [0.15, 0.2) is 18.0 Å². The van der Waals surface area contributed by atoms with Crippen molar-refractivity contribution < 1.29 is 46.9 Å². The van der Waals surface area contributed by atoms with Crippen molar-refractivity contribution in [3.8, 4) is 11.8 Å². The molecule has 0 amide bonds. The molecule has 1 aliphatic heterocycles. The van der Waals surface area contributed by atoms with E-state index >= 15 is 0 Å². The van der Waals surface area contributed by atoms with E-state index in [4.69, 9.17) is 33.7 Å². The van der Waals surface area contributed by atoms with E-state index in [2.05, 4.69) is 15.2 Å². The average molecular weight is 659 g/mol. The molecule has 0 bridgehead atoms. The number of nitrogens with zero attached hydrogens (tertiary/aromatic N) is 4. The second-order valence-corrected chi connectivity index (χ2v) is 11.8. The minimum Gasteiger partial charge on any atom is -0.465 e. The van der Waals surface area contributed by atoms with E-state index in [1.54, 1.807) is 44.2 Å². The average Bonchev–Trinajstić information content (AvgIpc) is 3.60. The molecule has 1 aromatic carbocycles. The Hall–Kier alpha value is -4.55. The van der Waals surface area contributed by atoms with Gasteiger partial charge in [-0.1, -0.05) is 32.0 Å². The lowest BCUT2D eigenvalue weighted by Gasteiger charge is -2.30. The molecule has 0 saturated carbocycles. The van der Waals surface area contributed by atoms with Gasteiger partial charge in [-0.2, -0.15) is 15.4 Å². The largest absolute Gasteiger partial charge is 0.465 e. The maximum Gasteiger partial charge on any atom is 0.459 e. The highest BCUT2D eigenvalue weighted by molar-refractivity contribution is 7.52. The van der Waals surface area contributed by atoms with Crippen LogP contribution in [0.3, 0.4) is 0 Å². The SMILES string of the molecule is CCOC(=O)[C@H](C)N[P@](=O)(OC[C@@]1(C#N)O[C@@H](c2ccc3c(N)ncnn23)[C@H](OC(=O)CC)[C@@H]1OC(=O)CC)Oc1ccccc1. The lowest BCUT2D eigenvalue weighted by atomic mass is 9.95. The number of rotatable bonds is 14. The monoisotopic (exact) mass is 658 g/mol. The zero-order valence-corrected chi connectivity index (χ0v) is 26.5. The number of nitrogens with two attached hydrogens (primary N) is 1. The van der Waals surface area contributed by atoms with E-state index in [1.165, 1.54) is 36.8 Å². The number of carbonyl (C=O) groups excluding carboxylic acids is 3. The Balaban J connectivity index is 1.77. The fourth-order valence-electron chi connectivity index (χ4n) is 4.63. The van der Waals surface area contributed by atoms with Crippen LogP contribution in [-0.2, 0) is 42.4 Å². The predicted octanol–water partition coefficient (Wildman–Crippen LogP) is 3.03. The number of nitriles is 1. The molecule has 3 N–H and O–H groups in total. The number of aromatic nitrogens is 3. The topological polar surface area (TPSA) is 216 Å². The van der Waals surface area contributed by atoms with Crippen molar-refractivity contribution in [1.29, 1.82) is 5.26 Å². The molecule has 6 atom stereocenters. The van der Waals surface area contributed by atoms with Crippen LogP contribution in [0.5, 0.6) is 5.75 Å². The minimum absolute atomic E-state index is 0.0481. The van der Waals surface area contributed by atoms with Crippen LogP contribution in [0, 0.1) is 11.3 Å². The molecular formula is C29H35N6O10P. The van der Waals surface area contributed by atoms with E-state index in [0.29, 0.717) is 5.52 Å². The number of nitrogens with one attached hydrogen (secondary N) is 1. The second kappa shape index (κ2) is 14.7. The summed E-state index contributed by atoms with van der Waals surface area (Å²) in [5.41, 5.74) is 4.47. The van der Waals surface area contributed by atoms with Gasteiger partial charge >= 0.3 is 25.7 Å². The Bertz CT molecular complexity index is 1650. The van der Waals surface area contributed by atoms with E-state index in [1.807, 2.05) is 6.07 Å². The number of para-hydroxylation sites is 1. The molecule has 4 rings (SSSR count). The fourth-order valence-corrected chi connectivity index (χ4v) is 6.16. The Kier molecular flexibility index (Phi) is 11.0. The molecule has 0 unspecified atom stereocenters. The van der Waals surface area contributed by atoms with Crippen molar-refractivity contribution in [2.45, 2.75) is 70.5 Å². The molecule has 3 heterocycles. The van der Waals surface area contributed by atoms with Gasteiger partial charge in [-0.05, 0) is 38.1 Å². The van der Waals surface area contributed by atoms with Crippen molar-refractivity contribution in [1.82, 2.24) is 19.7 Å². The number of ether oxygens (including phenoxy) is 4. The van der Waals surface area contributed by atoms with Crippen molar-refractivity contribution >= 4 is 37.0 Å². The summed E-state index contributed by atoms with van der Waals surface area (Å²) < 4.78 is 49.8. The molecule has 246 valence electrons. The second-order valence-electron chi connectivity index (χ2n) is 10.1. The summed E-state index contributed by atoms with van der Waals surface area (Å²) in [7, 11) is -4.50. The molecule has 46 heavy (non-hydrogen) atoms. The molecule has 16 nitrogen and oxygen atoms in total. The zero-order chi connectivity index (χ0) is 33.5. The molecule has 3 aromatic rings. The number of nitrogen functional groups attached to an aromatic ring is 1. The number of hydrogen-bond acceptors (Lipinski definition) is 14. The first-order valence-corrected chi connectivity index (χ1v) is 16.0. The molecule has 0 aliphatic carbocycles. The Morgan fingerprint density at radius 3 is 2.48 bits per heavy atom. The van der Waals surface area contributed by atoms with Crippen molar-refractivity contribution in [2.75, 3.05) is 18.9 Å². The van der Waals surface area contributed by atoms with E-state index in [9.17, 15) is 24.2 Å². The van der Waals surface area contributed by atoms with Crippen LogP contribution in [0.2, 0.25) is 0 Å². The van der Waals surface area contributed by atoms with Gasteiger partial charge in [-0.15, -0.1) is 0 Å². The highest BCUT2D eigenvalue weighted by atomic mass is 31.2. The van der Waals surface area contributed by atoms with Gasteiger partial charge in [-0.25, -0.2) is 14.1 Å². The number of fused-ring (bicyclic) bond motifs is 1. The summed E-state index contributed by atoms with van der Waals surface area (Å²) in [6, 6.07) is 12.0. The lowest BCUT2D eigenvalue weighted by molar-refractivity contribution is -0.169. The van der Waals surface area contributed by atoms with Crippen LogP contribution in [-0.4, -0.2) is 69.6 Å². The summed E-state index contributed by atoms with van der Waals surface area (Å²) >= 11 is 0. The summed E-state index contributed by atoms with van der Waals surface area (Å²) in [6.45, 7) is 5.33. The predicted molar refractivity (Wildman–Crippen MR) is 160 cm³/mol. The third-order valence-electron chi connectivity index (χ3n) is 6.90. The van der Waals surface area contributed by atoms with Crippen LogP contribution in [0.4, 0.5) is 5.82 Å². The van der Waals surface area contributed by atoms with Crippen LogP contribution in [0.25, 0.3) is 5.52 Å². The van der Waals surface area contributed by atoms with Crippen molar-refractivity contribution in [3.05, 3.63) is 54.5 Å². The molecule has 1 aliphatic rings. The molecule has 17 heteroatoms. The third-order valence-corrected chi connectivity index (χ3v) is 8.52. The highest BCUT2D eigenvalue weighted by Gasteiger charge is 2.62. The van der Waals surface area contributed by atoms with Gasteiger partial charge in [0.05, 0.1) is 12.3 Å². The Morgan fingerprint density at radius 1 is 1.13 bits per heavy atom. The molecule has 2 aromatic heterocycles. The number of benzene rings is 1. The summed E-state index contributed by atoms with van der Waals surface area (Å²) in [5.74, 6) is -1.89. The number of esters is 3. The summed E-state index contributed by atoms with van der Waals surface area (Å²) in [6.07, 6.45) is -3.16. The number of hydrogen-bond donors (Lipinski definition) is 2. The molecule has 0 spiro atoms. The molecule has 0 radical (unpaired) electrons. The van der Waals surface area contributed by atoms with E-state index in [0.717, 1.165) is 0 Å². The smallest absolute Gasteiger partial charge is 0.459 e. The summed E-state index contributed by atoms with van der Waals surface area (Å²) in [4.78, 5) is 41.7.